The SMILES string of the molecule is COCCn1c(C2C3CCCCC32)nnc1S(N)(=O)=O. The van der Waals surface area contributed by atoms with Crippen LogP contribution in [0.4, 0.5) is 0 Å². The highest BCUT2D eigenvalue weighted by Gasteiger charge is 2.54. The van der Waals surface area contributed by atoms with Crippen LogP contribution in [0.25, 0.3) is 0 Å². The molecule has 20 heavy (non-hydrogen) atoms. The molecule has 0 aliphatic heterocycles. The summed E-state index contributed by atoms with van der Waals surface area (Å²) in [7, 11) is -2.27. The van der Waals surface area contributed by atoms with Gasteiger partial charge in [0, 0.05) is 19.6 Å². The summed E-state index contributed by atoms with van der Waals surface area (Å²) in [6.45, 7) is 0.830. The maximum Gasteiger partial charge on any atom is 0.273 e. The van der Waals surface area contributed by atoms with Crippen LogP contribution in [0.5, 0.6) is 0 Å². The molecule has 0 aromatic carbocycles. The lowest BCUT2D eigenvalue weighted by atomic mass is 10.0. The number of rotatable bonds is 5. The minimum Gasteiger partial charge on any atom is -0.383 e. The number of primary sulfonamides is 1. The summed E-state index contributed by atoms with van der Waals surface area (Å²) in [4.78, 5) is 0. The van der Waals surface area contributed by atoms with Crippen molar-refractivity contribution >= 4 is 10.0 Å². The fraction of sp³-hybridized carbons (Fsp3) is 0.833. The molecule has 0 bridgehead atoms. The first kappa shape index (κ1) is 14.0. The molecular formula is C12H20N4O3S. The topological polar surface area (TPSA) is 100 Å². The van der Waals surface area contributed by atoms with Gasteiger partial charge < -0.3 is 4.74 Å². The number of ether oxygens (including phenoxy) is 1. The summed E-state index contributed by atoms with van der Waals surface area (Å²) in [5, 5.41) is 13.0. The van der Waals surface area contributed by atoms with E-state index >= 15 is 0 Å². The van der Waals surface area contributed by atoms with Crippen LogP contribution in [0.15, 0.2) is 5.16 Å². The molecule has 1 aromatic heterocycles. The van der Waals surface area contributed by atoms with Gasteiger partial charge in [-0.3, -0.25) is 4.57 Å². The lowest BCUT2D eigenvalue weighted by molar-refractivity contribution is 0.183. The standard InChI is InChI=1S/C12H20N4O3S/c1-19-7-6-16-11(14-15-12(16)20(13,17)18)10-8-4-2-3-5-9(8)10/h8-10H,2-7H2,1H3,(H2,13,17,18). The molecule has 0 radical (unpaired) electrons. The van der Waals surface area contributed by atoms with E-state index in [4.69, 9.17) is 9.88 Å². The fourth-order valence-electron chi connectivity index (χ4n) is 3.53. The van der Waals surface area contributed by atoms with E-state index in [-0.39, 0.29) is 5.16 Å². The van der Waals surface area contributed by atoms with Crippen LogP contribution in [0, 0.1) is 11.8 Å². The van der Waals surface area contributed by atoms with Crippen molar-refractivity contribution in [1.29, 1.82) is 0 Å². The van der Waals surface area contributed by atoms with E-state index in [1.807, 2.05) is 0 Å². The molecule has 2 aliphatic rings. The molecule has 2 aliphatic carbocycles. The molecule has 2 N–H and O–H groups in total. The van der Waals surface area contributed by atoms with E-state index in [0.29, 0.717) is 30.9 Å². The van der Waals surface area contributed by atoms with Crippen molar-refractivity contribution in [3.63, 3.8) is 0 Å². The Morgan fingerprint density at radius 2 is 1.95 bits per heavy atom. The molecule has 0 amide bonds. The Kier molecular flexibility index (Phi) is 3.55. The smallest absolute Gasteiger partial charge is 0.273 e. The van der Waals surface area contributed by atoms with Crippen LogP contribution < -0.4 is 5.14 Å². The summed E-state index contributed by atoms with van der Waals surface area (Å²) < 4.78 is 29.9. The molecule has 2 fully saturated rings. The second-order valence-corrected chi connectivity index (χ2v) is 7.12. The molecule has 1 heterocycles. The highest BCUT2D eigenvalue weighted by Crippen LogP contribution is 2.60. The maximum atomic E-state index is 11.6. The average Bonchev–Trinajstić information content (AvgIpc) is 2.97. The van der Waals surface area contributed by atoms with Gasteiger partial charge in [-0.2, -0.15) is 0 Å². The third kappa shape index (κ3) is 2.36. The molecule has 2 atom stereocenters. The van der Waals surface area contributed by atoms with Gasteiger partial charge >= 0.3 is 0 Å². The van der Waals surface area contributed by atoms with E-state index < -0.39 is 10.0 Å². The third-order valence-corrected chi connectivity index (χ3v) is 5.28. The van der Waals surface area contributed by atoms with Crippen molar-refractivity contribution in [2.24, 2.45) is 17.0 Å². The summed E-state index contributed by atoms with van der Waals surface area (Å²) in [6.07, 6.45) is 4.92. The molecule has 1 aromatic rings. The van der Waals surface area contributed by atoms with E-state index in [1.165, 1.54) is 25.7 Å². The van der Waals surface area contributed by atoms with Crippen LogP contribution in [0.2, 0.25) is 0 Å². The van der Waals surface area contributed by atoms with Gasteiger partial charge in [0.15, 0.2) is 0 Å². The molecule has 2 unspecified atom stereocenters. The van der Waals surface area contributed by atoms with E-state index in [1.54, 1.807) is 11.7 Å². The second-order valence-electron chi connectivity index (χ2n) is 5.67. The molecule has 7 nitrogen and oxygen atoms in total. The van der Waals surface area contributed by atoms with E-state index in [9.17, 15) is 8.42 Å². The Morgan fingerprint density at radius 1 is 1.30 bits per heavy atom. The van der Waals surface area contributed by atoms with Crippen LogP contribution in [-0.2, 0) is 21.3 Å². The Morgan fingerprint density at radius 3 is 2.50 bits per heavy atom. The van der Waals surface area contributed by atoms with Crippen LogP contribution in [-0.4, -0.2) is 36.9 Å². The molecule has 0 spiro atoms. The minimum atomic E-state index is -3.85. The quantitative estimate of drug-likeness (QED) is 0.852. The normalized spacial score (nSPS) is 29.2. The van der Waals surface area contributed by atoms with Gasteiger partial charge in [-0.15, -0.1) is 10.2 Å². The monoisotopic (exact) mass is 300 g/mol. The number of nitrogens with two attached hydrogens (primary N) is 1. The third-order valence-electron chi connectivity index (χ3n) is 4.47. The summed E-state index contributed by atoms with van der Waals surface area (Å²) >= 11 is 0. The highest BCUT2D eigenvalue weighted by atomic mass is 32.2. The fourth-order valence-corrected chi connectivity index (χ4v) is 4.17. The molecule has 0 saturated heterocycles. The predicted octanol–water partition coefficient (Wildman–Crippen LogP) is 0.476. The van der Waals surface area contributed by atoms with Gasteiger partial charge in [0.05, 0.1) is 6.61 Å². The van der Waals surface area contributed by atoms with Crippen LogP contribution in [0.3, 0.4) is 0 Å². The highest BCUT2D eigenvalue weighted by molar-refractivity contribution is 7.89. The zero-order valence-corrected chi connectivity index (χ0v) is 12.3. The maximum absolute atomic E-state index is 11.6. The molecule has 2 saturated carbocycles. The largest absolute Gasteiger partial charge is 0.383 e. The van der Waals surface area contributed by atoms with Crippen molar-refractivity contribution in [3.05, 3.63) is 5.82 Å². The number of hydrogen-bond acceptors (Lipinski definition) is 5. The first-order valence-electron chi connectivity index (χ1n) is 6.99. The minimum absolute atomic E-state index is 0.145. The number of aromatic nitrogens is 3. The summed E-state index contributed by atoms with van der Waals surface area (Å²) in [5.41, 5.74) is 0. The zero-order valence-electron chi connectivity index (χ0n) is 11.5. The van der Waals surface area contributed by atoms with Crippen molar-refractivity contribution < 1.29 is 13.2 Å². The molecule has 8 heteroatoms. The molecule has 112 valence electrons. The van der Waals surface area contributed by atoms with Crippen molar-refractivity contribution in [2.75, 3.05) is 13.7 Å². The number of hydrogen-bond donors (Lipinski definition) is 1. The Bertz CT molecular complexity index is 586. The Hall–Kier alpha value is -0.990. The number of nitrogens with zero attached hydrogens (tertiary/aromatic N) is 3. The summed E-state index contributed by atoms with van der Waals surface area (Å²) in [6, 6.07) is 0. The number of sulfonamides is 1. The first-order chi connectivity index (χ1) is 9.54. The molecule has 3 rings (SSSR count). The first-order valence-corrected chi connectivity index (χ1v) is 8.53. The van der Waals surface area contributed by atoms with Gasteiger partial charge in [0.2, 0.25) is 0 Å². The zero-order chi connectivity index (χ0) is 14.3. The van der Waals surface area contributed by atoms with Crippen molar-refractivity contribution in [3.8, 4) is 0 Å². The number of fused-ring (bicyclic) bond motifs is 1. The van der Waals surface area contributed by atoms with Gasteiger partial charge in [0.25, 0.3) is 15.2 Å². The van der Waals surface area contributed by atoms with Crippen LogP contribution in [0.1, 0.15) is 37.4 Å². The lowest BCUT2D eigenvalue weighted by Crippen LogP contribution is -2.21. The van der Waals surface area contributed by atoms with Crippen LogP contribution >= 0.6 is 0 Å². The predicted molar refractivity (Wildman–Crippen MR) is 71.5 cm³/mol. The van der Waals surface area contributed by atoms with Gasteiger partial charge in [-0.05, 0) is 24.7 Å². The van der Waals surface area contributed by atoms with Crippen molar-refractivity contribution in [1.82, 2.24) is 14.8 Å². The van der Waals surface area contributed by atoms with Gasteiger partial charge in [-0.1, -0.05) is 12.8 Å². The van der Waals surface area contributed by atoms with Crippen molar-refractivity contribution in [2.45, 2.75) is 43.3 Å². The Labute approximate surface area is 118 Å². The average molecular weight is 300 g/mol. The van der Waals surface area contributed by atoms with Gasteiger partial charge in [0.1, 0.15) is 5.82 Å². The lowest BCUT2D eigenvalue weighted by Gasteiger charge is -2.08. The second kappa shape index (κ2) is 5.09. The van der Waals surface area contributed by atoms with E-state index in [2.05, 4.69) is 10.2 Å². The van der Waals surface area contributed by atoms with E-state index in [0.717, 1.165) is 5.82 Å². The van der Waals surface area contributed by atoms with Gasteiger partial charge in [-0.25, -0.2) is 13.6 Å². The Balaban J connectivity index is 1.93. The molecular weight excluding hydrogens is 280 g/mol. The number of methoxy groups -OCH3 is 1. The summed E-state index contributed by atoms with van der Waals surface area (Å²) in [5.74, 6) is 2.39.